The SMILES string of the molecule is O=C(OC1CCCCC1)c1cncn1C(c1ccccc1)c1ccccn1. The number of rotatable bonds is 5. The Morgan fingerprint density at radius 1 is 1.04 bits per heavy atom. The van der Waals surface area contributed by atoms with Crippen molar-refractivity contribution in [2.75, 3.05) is 0 Å². The lowest BCUT2D eigenvalue weighted by Crippen LogP contribution is -2.24. The van der Waals surface area contributed by atoms with Crippen molar-refractivity contribution >= 4 is 5.97 Å². The number of hydrogen-bond donors (Lipinski definition) is 0. The first-order chi connectivity index (χ1) is 13.3. The monoisotopic (exact) mass is 361 g/mol. The Labute approximate surface area is 159 Å². The van der Waals surface area contributed by atoms with Crippen LogP contribution in [-0.4, -0.2) is 26.6 Å². The predicted molar refractivity (Wildman–Crippen MR) is 102 cm³/mol. The predicted octanol–water partition coefficient (Wildman–Crippen LogP) is 4.41. The largest absolute Gasteiger partial charge is 0.458 e. The van der Waals surface area contributed by atoms with Gasteiger partial charge in [0.05, 0.1) is 18.2 Å². The van der Waals surface area contributed by atoms with E-state index in [4.69, 9.17) is 4.74 Å². The van der Waals surface area contributed by atoms with Crippen LogP contribution in [0.3, 0.4) is 0 Å². The normalized spacial score (nSPS) is 16.0. The number of nitrogens with zero attached hydrogens (tertiary/aromatic N) is 3. The third-order valence-electron chi connectivity index (χ3n) is 5.06. The molecule has 0 saturated heterocycles. The first-order valence-corrected chi connectivity index (χ1v) is 9.51. The van der Waals surface area contributed by atoms with Crippen molar-refractivity contribution in [1.29, 1.82) is 0 Å². The number of ether oxygens (including phenoxy) is 1. The van der Waals surface area contributed by atoms with Crippen molar-refractivity contribution in [1.82, 2.24) is 14.5 Å². The summed E-state index contributed by atoms with van der Waals surface area (Å²) in [7, 11) is 0. The standard InChI is InChI=1S/C22H23N3O2/c26-22(27-18-11-5-2-6-12-18)20-15-23-16-25(20)21(17-9-3-1-4-10-17)19-13-7-8-14-24-19/h1,3-4,7-10,13-16,18,21H,2,5-6,11-12H2. The zero-order valence-corrected chi connectivity index (χ0v) is 15.2. The molecule has 0 spiro atoms. The van der Waals surface area contributed by atoms with Gasteiger partial charge in [0.25, 0.3) is 0 Å². The number of aromatic nitrogens is 3. The van der Waals surface area contributed by atoms with Crippen LogP contribution in [0.4, 0.5) is 0 Å². The van der Waals surface area contributed by atoms with Gasteiger partial charge < -0.3 is 9.30 Å². The summed E-state index contributed by atoms with van der Waals surface area (Å²) in [6.45, 7) is 0. The Morgan fingerprint density at radius 3 is 2.56 bits per heavy atom. The molecule has 1 aliphatic rings. The van der Waals surface area contributed by atoms with E-state index in [0.29, 0.717) is 5.69 Å². The second kappa shape index (κ2) is 8.16. The summed E-state index contributed by atoms with van der Waals surface area (Å²) in [5.74, 6) is -0.309. The summed E-state index contributed by atoms with van der Waals surface area (Å²) in [5, 5.41) is 0. The van der Waals surface area contributed by atoms with Crippen LogP contribution in [0, 0.1) is 0 Å². The van der Waals surface area contributed by atoms with Crippen molar-refractivity contribution in [2.24, 2.45) is 0 Å². The summed E-state index contributed by atoms with van der Waals surface area (Å²) in [4.78, 5) is 21.6. The van der Waals surface area contributed by atoms with Crippen LogP contribution in [0.5, 0.6) is 0 Å². The van der Waals surface area contributed by atoms with E-state index in [9.17, 15) is 4.79 Å². The van der Waals surface area contributed by atoms with Crippen LogP contribution in [0.25, 0.3) is 0 Å². The number of carbonyl (C=O) groups excluding carboxylic acids is 1. The minimum atomic E-state index is -0.309. The molecule has 0 amide bonds. The Bertz CT molecular complexity index is 831. The fourth-order valence-corrected chi connectivity index (χ4v) is 3.71. The van der Waals surface area contributed by atoms with E-state index in [2.05, 4.69) is 9.97 Å². The van der Waals surface area contributed by atoms with Crippen molar-refractivity contribution in [3.8, 4) is 0 Å². The maximum atomic E-state index is 12.9. The Kier molecular flexibility index (Phi) is 5.28. The highest BCUT2D eigenvalue weighted by atomic mass is 16.5. The summed E-state index contributed by atoms with van der Waals surface area (Å²) in [6, 6.07) is 15.6. The zero-order chi connectivity index (χ0) is 18.5. The molecular formula is C22H23N3O2. The van der Waals surface area contributed by atoms with E-state index >= 15 is 0 Å². The van der Waals surface area contributed by atoms with Crippen molar-refractivity contribution in [2.45, 2.75) is 44.2 Å². The zero-order valence-electron chi connectivity index (χ0n) is 15.2. The Hall–Kier alpha value is -2.95. The highest BCUT2D eigenvalue weighted by Crippen LogP contribution is 2.28. The molecule has 1 fully saturated rings. The van der Waals surface area contributed by atoms with Gasteiger partial charge in [-0.3, -0.25) is 4.98 Å². The van der Waals surface area contributed by atoms with Crippen LogP contribution >= 0.6 is 0 Å². The van der Waals surface area contributed by atoms with Crippen LogP contribution in [-0.2, 0) is 4.74 Å². The van der Waals surface area contributed by atoms with Crippen LogP contribution in [0.1, 0.15) is 59.9 Å². The third-order valence-corrected chi connectivity index (χ3v) is 5.06. The number of carbonyl (C=O) groups is 1. The molecule has 1 saturated carbocycles. The Morgan fingerprint density at radius 2 is 1.81 bits per heavy atom. The molecule has 2 aromatic heterocycles. The second-order valence-corrected chi connectivity index (χ2v) is 6.92. The molecule has 1 unspecified atom stereocenters. The van der Waals surface area contributed by atoms with Crippen molar-refractivity contribution in [3.05, 3.63) is 84.2 Å². The van der Waals surface area contributed by atoms with Crippen molar-refractivity contribution < 1.29 is 9.53 Å². The van der Waals surface area contributed by atoms with Gasteiger partial charge in [-0.05, 0) is 43.4 Å². The summed E-state index contributed by atoms with van der Waals surface area (Å²) < 4.78 is 7.64. The molecule has 0 bridgehead atoms. The van der Waals surface area contributed by atoms with E-state index in [-0.39, 0.29) is 18.1 Å². The molecule has 4 rings (SSSR count). The van der Waals surface area contributed by atoms with E-state index < -0.39 is 0 Å². The molecule has 2 heterocycles. The lowest BCUT2D eigenvalue weighted by molar-refractivity contribution is 0.0198. The molecule has 0 N–H and O–H groups in total. The molecule has 0 radical (unpaired) electrons. The number of benzene rings is 1. The minimum absolute atomic E-state index is 0.0135. The summed E-state index contributed by atoms with van der Waals surface area (Å²) in [5.41, 5.74) is 2.36. The van der Waals surface area contributed by atoms with Gasteiger partial charge in [-0.25, -0.2) is 9.78 Å². The molecule has 27 heavy (non-hydrogen) atoms. The quantitative estimate of drug-likeness (QED) is 0.632. The number of imidazole rings is 1. The third kappa shape index (κ3) is 3.92. The molecule has 138 valence electrons. The van der Waals surface area contributed by atoms with Gasteiger partial charge in [-0.2, -0.15) is 0 Å². The molecule has 1 atom stereocenters. The van der Waals surface area contributed by atoms with E-state index in [0.717, 1.165) is 36.9 Å². The van der Waals surface area contributed by atoms with E-state index in [1.54, 1.807) is 18.7 Å². The van der Waals surface area contributed by atoms with Gasteiger partial charge in [-0.15, -0.1) is 0 Å². The fraction of sp³-hybridized carbons (Fsp3) is 0.318. The molecule has 5 nitrogen and oxygen atoms in total. The minimum Gasteiger partial charge on any atom is -0.458 e. The molecule has 1 aliphatic carbocycles. The molecule has 5 heteroatoms. The van der Waals surface area contributed by atoms with Gasteiger partial charge in [0.15, 0.2) is 0 Å². The summed E-state index contributed by atoms with van der Waals surface area (Å²) in [6.07, 6.45) is 10.4. The lowest BCUT2D eigenvalue weighted by atomic mass is 9.98. The first kappa shape index (κ1) is 17.5. The topological polar surface area (TPSA) is 57.0 Å². The number of esters is 1. The van der Waals surface area contributed by atoms with Crippen LogP contribution in [0.15, 0.2) is 67.3 Å². The van der Waals surface area contributed by atoms with Gasteiger partial charge in [0.1, 0.15) is 17.8 Å². The smallest absolute Gasteiger partial charge is 0.356 e. The average molecular weight is 361 g/mol. The summed E-state index contributed by atoms with van der Waals surface area (Å²) >= 11 is 0. The number of hydrogen-bond acceptors (Lipinski definition) is 4. The van der Waals surface area contributed by atoms with Crippen LogP contribution < -0.4 is 0 Å². The second-order valence-electron chi connectivity index (χ2n) is 6.92. The average Bonchev–Trinajstić information content (AvgIpc) is 3.20. The van der Waals surface area contributed by atoms with Gasteiger partial charge in [0, 0.05) is 6.20 Å². The fourth-order valence-electron chi connectivity index (χ4n) is 3.71. The molecular weight excluding hydrogens is 338 g/mol. The first-order valence-electron chi connectivity index (χ1n) is 9.51. The Balaban J connectivity index is 1.67. The van der Waals surface area contributed by atoms with Gasteiger partial charge in [-0.1, -0.05) is 42.8 Å². The maximum Gasteiger partial charge on any atom is 0.356 e. The van der Waals surface area contributed by atoms with Gasteiger partial charge >= 0.3 is 5.97 Å². The van der Waals surface area contributed by atoms with E-state index in [1.807, 2.05) is 53.1 Å². The highest BCUT2D eigenvalue weighted by molar-refractivity contribution is 5.87. The molecule has 1 aromatic carbocycles. The highest BCUT2D eigenvalue weighted by Gasteiger charge is 2.26. The molecule has 0 aliphatic heterocycles. The van der Waals surface area contributed by atoms with Crippen LogP contribution in [0.2, 0.25) is 0 Å². The maximum absolute atomic E-state index is 12.9. The molecule has 3 aromatic rings. The van der Waals surface area contributed by atoms with Crippen molar-refractivity contribution in [3.63, 3.8) is 0 Å². The van der Waals surface area contributed by atoms with Gasteiger partial charge in [0.2, 0.25) is 0 Å². The lowest BCUT2D eigenvalue weighted by Gasteiger charge is -2.24. The number of pyridine rings is 1. The van der Waals surface area contributed by atoms with E-state index in [1.165, 1.54) is 6.42 Å².